The minimum atomic E-state index is -4.05. The molecule has 0 unspecified atom stereocenters. The molecule has 38 heavy (non-hydrogen) atoms. The van der Waals surface area contributed by atoms with E-state index in [1.165, 1.54) is 13.8 Å². The molecule has 3 heterocycles. The number of amides is 3. The number of aliphatic hydroxyl groups excluding tert-OH is 1. The quantitative estimate of drug-likeness (QED) is 0.100. The number of nitrogens with one attached hydrogen (secondary N) is 4. The summed E-state index contributed by atoms with van der Waals surface area (Å²) in [6.45, 7) is 1.21. The van der Waals surface area contributed by atoms with Crippen molar-refractivity contribution in [1.29, 1.82) is 0 Å². The number of aromatic amines is 1. The van der Waals surface area contributed by atoms with E-state index in [-0.39, 0.29) is 5.75 Å². The predicted molar refractivity (Wildman–Crippen MR) is 132 cm³/mol. The number of ether oxygens (including phenoxy) is 2. The molecule has 2 saturated heterocycles. The molecule has 212 valence electrons. The molecule has 18 heteroatoms. The van der Waals surface area contributed by atoms with Crippen LogP contribution in [0.1, 0.15) is 33.9 Å². The van der Waals surface area contributed by atoms with Crippen LogP contribution in [-0.2, 0) is 28.2 Å². The molecule has 0 aliphatic carbocycles. The van der Waals surface area contributed by atoms with Gasteiger partial charge in [0.25, 0.3) is 11.5 Å². The fourth-order valence-electron chi connectivity index (χ4n) is 3.65. The summed E-state index contributed by atoms with van der Waals surface area (Å²) in [6, 6.07) is -1.82. The Bertz CT molecular complexity index is 1230. The first-order valence-electron chi connectivity index (χ1n) is 11.5. The normalized spacial score (nSPS) is 29.6. The van der Waals surface area contributed by atoms with Crippen molar-refractivity contribution in [1.82, 2.24) is 25.3 Å². The van der Waals surface area contributed by atoms with Crippen LogP contribution in [0.4, 0.5) is 4.79 Å². The van der Waals surface area contributed by atoms with Crippen molar-refractivity contribution in [2.75, 3.05) is 12.4 Å². The zero-order valence-corrected chi connectivity index (χ0v) is 22.6. The topological polar surface area (TPSA) is 227 Å². The number of hydrogen-bond donors (Lipinski definition) is 6. The highest BCUT2D eigenvalue weighted by molar-refractivity contribution is 8.56. The first-order chi connectivity index (χ1) is 17.6. The van der Waals surface area contributed by atoms with Crippen LogP contribution in [0.2, 0.25) is 0 Å². The fraction of sp³-hybridized carbons (Fsp3) is 0.650. The van der Waals surface area contributed by atoms with Gasteiger partial charge in [-0.25, -0.2) is 14.7 Å². The maximum atomic E-state index is 13.7. The van der Waals surface area contributed by atoms with Crippen molar-refractivity contribution >= 4 is 36.0 Å². The number of carbonyl (C=O) groups is 3. The van der Waals surface area contributed by atoms with Crippen LogP contribution in [0.5, 0.6) is 0 Å². The van der Waals surface area contributed by atoms with Gasteiger partial charge >= 0.3 is 24.4 Å². The van der Waals surface area contributed by atoms with E-state index in [1.807, 2.05) is 10.3 Å². The minimum Gasteiger partial charge on any atom is -0.462 e. The van der Waals surface area contributed by atoms with Gasteiger partial charge in [0.1, 0.15) is 29.9 Å². The molecule has 1 aromatic rings. The second-order valence-corrected chi connectivity index (χ2v) is 13.5. The first kappa shape index (κ1) is 30.0. The molecular formula is C20H30N5O11PS. The monoisotopic (exact) mass is 579 g/mol. The number of carbonyl (C=O) groups excluding carboxylic acids is 3. The highest BCUT2D eigenvalue weighted by atomic mass is 32.7. The van der Waals surface area contributed by atoms with Gasteiger partial charge in [0, 0.05) is 18.0 Å². The standard InChI is InChI=1S/C20H30N5O11PS/c1-9(2)35-16(29)10(3)24-37(33,38-8-11-15(28)23-18(30)21-11)34-7-12-14(27)20(4,32)17(36-12)25-6-5-13(26)22-19(25)31/h5-6,9-12,14,17,27,32H,7-8H2,1-4H3,(H,24,33)(H,22,26,31)(H2,21,23,28,30)/t10-,11-,12-,14-,17-,20-,37+/m1/s1. The van der Waals surface area contributed by atoms with E-state index >= 15 is 0 Å². The van der Waals surface area contributed by atoms with Gasteiger partial charge in [-0.05, 0) is 27.7 Å². The summed E-state index contributed by atoms with van der Waals surface area (Å²) in [5, 5.41) is 28.5. The van der Waals surface area contributed by atoms with Gasteiger partial charge in [0.2, 0.25) is 0 Å². The molecule has 2 aliphatic heterocycles. The maximum Gasteiger partial charge on any atom is 0.330 e. The molecule has 6 N–H and O–H groups in total. The molecule has 16 nitrogen and oxygen atoms in total. The summed E-state index contributed by atoms with van der Waals surface area (Å²) < 4.78 is 30.9. The average molecular weight is 580 g/mol. The van der Waals surface area contributed by atoms with Gasteiger partial charge in [0.05, 0.1) is 12.7 Å². The second kappa shape index (κ2) is 11.7. The fourth-order valence-corrected chi connectivity index (χ4v) is 7.51. The number of nitrogens with zero attached hydrogens (tertiary/aromatic N) is 1. The number of H-pyrrole nitrogens is 1. The van der Waals surface area contributed by atoms with Crippen molar-refractivity contribution < 1.29 is 43.2 Å². The Balaban J connectivity index is 1.76. The average Bonchev–Trinajstić information content (AvgIpc) is 3.25. The molecule has 2 aliphatic rings. The maximum absolute atomic E-state index is 13.7. The lowest BCUT2D eigenvalue weighted by Gasteiger charge is -2.27. The van der Waals surface area contributed by atoms with Crippen LogP contribution in [0, 0.1) is 0 Å². The Labute approximate surface area is 220 Å². The molecule has 3 amide bonds. The molecule has 1 aromatic heterocycles. The summed E-state index contributed by atoms with van der Waals surface area (Å²) in [5.74, 6) is -1.57. The highest BCUT2D eigenvalue weighted by Crippen LogP contribution is 2.57. The number of rotatable bonds is 11. The van der Waals surface area contributed by atoms with Gasteiger partial charge in [-0.1, -0.05) is 11.4 Å². The minimum absolute atomic E-state index is 0.199. The zero-order chi connectivity index (χ0) is 28.4. The number of hydrogen-bond acceptors (Lipinski definition) is 12. The van der Waals surface area contributed by atoms with Crippen LogP contribution in [0.15, 0.2) is 21.9 Å². The first-order valence-corrected chi connectivity index (χ1v) is 14.7. The largest absolute Gasteiger partial charge is 0.462 e. The molecule has 0 saturated carbocycles. The van der Waals surface area contributed by atoms with E-state index in [4.69, 9.17) is 14.0 Å². The van der Waals surface area contributed by atoms with Crippen molar-refractivity contribution in [3.63, 3.8) is 0 Å². The molecule has 0 radical (unpaired) electrons. The Morgan fingerprint density at radius 3 is 2.58 bits per heavy atom. The Morgan fingerprint density at radius 1 is 1.32 bits per heavy atom. The summed E-state index contributed by atoms with van der Waals surface area (Å²) in [7, 11) is 0. The zero-order valence-electron chi connectivity index (χ0n) is 20.9. The number of imide groups is 1. The molecule has 2 fully saturated rings. The van der Waals surface area contributed by atoms with Crippen molar-refractivity contribution in [3.8, 4) is 0 Å². The van der Waals surface area contributed by atoms with E-state index in [1.54, 1.807) is 13.8 Å². The lowest BCUT2D eigenvalue weighted by Crippen LogP contribution is -2.47. The Kier molecular flexibility index (Phi) is 9.24. The number of aliphatic hydroxyl groups is 2. The van der Waals surface area contributed by atoms with E-state index < -0.39 is 84.7 Å². The van der Waals surface area contributed by atoms with Crippen molar-refractivity contribution in [2.24, 2.45) is 0 Å². The van der Waals surface area contributed by atoms with Gasteiger partial charge in [0.15, 0.2) is 6.23 Å². The predicted octanol–water partition coefficient (Wildman–Crippen LogP) is -1.46. The summed E-state index contributed by atoms with van der Waals surface area (Å²) in [5.41, 5.74) is -3.60. The van der Waals surface area contributed by atoms with E-state index in [9.17, 15) is 38.8 Å². The van der Waals surface area contributed by atoms with Crippen LogP contribution in [-0.4, -0.2) is 86.0 Å². The van der Waals surface area contributed by atoms with Gasteiger partial charge < -0.3 is 29.5 Å². The lowest BCUT2D eigenvalue weighted by atomic mass is 9.96. The van der Waals surface area contributed by atoms with Gasteiger partial charge in [-0.3, -0.25) is 33.8 Å². The van der Waals surface area contributed by atoms with Crippen molar-refractivity contribution in [2.45, 2.75) is 69.9 Å². The Morgan fingerprint density at radius 2 is 2.00 bits per heavy atom. The van der Waals surface area contributed by atoms with Crippen molar-refractivity contribution in [3.05, 3.63) is 33.1 Å². The summed E-state index contributed by atoms with van der Waals surface area (Å²) >= 11 is 0.622. The summed E-state index contributed by atoms with van der Waals surface area (Å²) in [4.78, 5) is 61.2. The second-order valence-electron chi connectivity index (χ2n) is 9.16. The van der Waals surface area contributed by atoms with Crippen LogP contribution >= 0.6 is 18.1 Å². The molecule has 7 atom stereocenters. The SMILES string of the molecule is CC(C)OC(=O)[C@@H](C)N[P@](=O)(OC[C@H]1O[C@@H](n2ccc(=O)[nH]c2=O)[C@](C)(O)[C@@H]1O)SC[C@H]1NC(=O)NC1=O. The third-order valence-corrected chi connectivity index (χ3v) is 9.71. The molecule has 0 spiro atoms. The van der Waals surface area contributed by atoms with Crippen LogP contribution < -0.4 is 27.0 Å². The Hall–Kier alpha value is -2.53. The van der Waals surface area contributed by atoms with E-state index in [2.05, 4.69) is 10.4 Å². The van der Waals surface area contributed by atoms with Gasteiger partial charge in [-0.15, -0.1) is 0 Å². The molecule has 0 aromatic carbocycles. The molecule has 0 bridgehead atoms. The molecular weight excluding hydrogens is 549 g/mol. The third kappa shape index (κ3) is 6.91. The number of esters is 1. The smallest absolute Gasteiger partial charge is 0.330 e. The third-order valence-electron chi connectivity index (χ3n) is 5.59. The van der Waals surface area contributed by atoms with Crippen LogP contribution in [0.3, 0.4) is 0 Å². The highest BCUT2D eigenvalue weighted by Gasteiger charge is 2.54. The van der Waals surface area contributed by atoms with Crippen LogP contribution in [0.25, 0.3) is 0 Å². The molecule has 3 rings (SSSR count). The summed E-state index contributed by atoms with van der Waals surface area (Å²) in [6.07, 6.45) is -3.74. The van der Waals surface area contributed by atoms with Gasteiger partial charge in [-0.2, -0.15) is 0 Å². The lowest BCUT2D eigenvalue weighted by molar-refractivity contribution is -0.149. The van der Waals surface area contributed by atoms with E-state index in [0.29, 0.717) is 11.4 Å². The number of urea groups is 1. The van der Waals surface area contributed by atoms with E-state index in [0.717, 1.165) is 16.8 Å². The number of aromatic nitrogens is 2.